The minimum Gasteiger partial charge on any atom is -0.366 e. The van der Waals surface area contributed by atoms with Crippen molar-refractivity contribution in [2.24, 2.45) is 5.73 Å². The van der Waals surface area contributed by atoms with E-state index in [2.05, 4.69) is 16.8 Å². The van der Waals surface area contributed by atoms with Crippen molar-refractivity contribution in [2.45, 2.75) is 32.4 Å². The predicted molar refractivity (Wildman–Crippen MR) is 98.8 cm³/mol. The third-order valence-electron chi connectivity index (χ3n) is 5.54. The highest BCUT2D eigenvalue weighted by molar-refractivity contribution is 5.90. The van der Waals surface area contributed by atoms with Crippen LogP contribution < -0.4 is 16.2 Å². The highest BCUT2D eigenvalue weighted by Gasteiger charge is 2.29. The number of aromatic nitrogens is 1. The van der Waals surface area contributed by atoms with Crippen molar-refractivity contribution in [3.8, 4) is 0 Å². The van der Waals surface area contributed by atoms with Crippen LogP contribution in [0.3, 0.4) is 0 Å². The molecule has 4 rings (SSSR count). The van der Waals surface area contributed by atoms with Gasteiger partial charge in [0.25, 0.3) is 5.56 Å². The number of rotatable bonds is 3. The second-order valence-electron chi connectivity index (χ2n) is 7.33. The summed E-state index contributed by atoms with van der Waals surface area (Å²) in [5.41, 5.74) is 8.91. The van der Waals surface area contributed by atoms with Gasteiger partial charge in [0, 0.05) is 50.2 Å². The summed E-state index contributed by atoms with van der Waals surface area (Å²) in [4.78, 5) is 17.0. The van der Waals surface area contributed by atoms with Crippen LogP contribution in [0.15, 0.2) is 16.9 Å². The minimum absolute atomic E-state index is 0.0190. The van der Waals surface area contributed by atoms with E-state index in [9.17, 15) is 4.79 Å². The molecule has 0 spiro atoms. The average Bonchev–Trinajstić information content (AvgIpc) is 3.41. The van der Waals surface area contributed by atoms with Crippen LogP contribution in [0.25, 0.3) is 10.9 Å². The number of hydrogen-bond acceptors (Lipinski definition) is 4. The van der Waals surface area contributed by atoms with Gasteiger partial charge in [0.1, 0.15) is 5.82 Å². The van der Waals surface area contributed by atoms with Gasteiger partial charge in [-0.25, -0.2) is 4.39 Å². The Bertz CT molecular complexity index is 879. The molecular weight excluding hydrogens is 319 g/mol. The molecule has 1 aromatic heterocycles. The van der Waals surface area contributed by atoms with Gasteiger partial charge in [0.05, 0.1) is 11.2 Å². The lowest BCUT2D eigenvalue weighted by atomic mass is 10.0. The first-order valence-electron chi connectivity index (χ1n) is 9.02. The standard InChI is InChI=1S/C19H25FN4O/c1-12-18-15(13(11-21)9-17(25)24(18)14-3-4-14)10-16(20)19(12)23-7-5-22(2)6-8-23/h9-10,14H,3-8,11,21H2,1-2H3. The van der Waals surface area contributed by atoms with Crippen LogP contribution >= 0.6 is 0 Å². The van der Waals surface area contributed by atoms with E-state index in [1.807, 2.05) is 11.5 Å². The van der Waals surface area contributed by atoms with E-state index in [1.165, 1.54) is 0 Å². The maximum Gasteiger partial charge on any atom is 0.251 e. The Morgan fingerprint density at radius 3 is 2.48 bits per heavy atom. The van der Waals surface area contributed by atoms with E-state index in [-0.39, 0.29) is 24.0 Å². The van der Waals surface area contributed by atoms with Crippen LogP contribution in [0.1, 0.15) is 30.0 Å². The number of aryl methyl sites for hydroxylation is 1. The second-order valence-corrected chi connectivity index (χ2v) is 7.33. The summed E-state index contributed by atoms with van der Waals surface area (Å²) in [5, 5.41) is 0.780. The molecular formula is C19H25FN4O. The normalized spacial score (nSPS) is 19.0. The molecule has 25 heavy (non-hydrogen) atoms. The lowest BCUT2D eigenvalue weighted by Crippen LogP contribution is -2.45. The topological polar surface area (TPSA) is 54.5 Å². The van der Waals surface area contributed by atoms with Gasteiger partial charge in [0.15, 0.2) is 0 Å². The van der Waals surface area contributed by atoms with E-state index in [1.54, 1.807) is 12.1 Å². The predicted octanol–water partition coefficient (Wildman–Crippen LogP) is 1.99. The Labute approximate surface area is 146 Å². The first-order valence-corrected chi connectivity index (χ1v) is 9.02. The van der Waals surface area contributed by atoms with E-state index in [4.69, 9.17) is 5.73 Å². The third kappa shape index (κ3) is 2.73. The Kier molecular flexibility index (Phi) is 4.04. The number of halogens is 1. The number of pyridine rings is 1. The molecule has 6 heteroatoms. The van der Waals surface area contributed by atoms with Gasteiger partial charge in [-0.15, -0.1) is 0 Å². The van der Waals surface area contributed by atoms with E-state index >= 15 is 4.39 Å². The summed E-state index contributed by atoms with van der Waals surface area (Å²) < 4.78 is 16.9. The summed E-state index contributed by atoms with van der Waals surface area (Å²) >= 11 is 0. The fourth-order valence-corrected chi connectivity index (χ4v) is 4.00. The van der Waals surface area contributed by atoms with Crippen LogP contribution in [-0.4, -0.2) is 42.7 Å². The first kappa shape index (κ1) is 16.5. The van der Waals surface area contributed by atoms with Gasteiger partial charge >= 0.3 is 0 Å². The van der Waals surface area contributed by atoms with Gasteiger partial charge in [-0.2, -0.15) is 0 Å². The second kappa shape index (κ2) is 6.11. The van der Waals surface area contributed by atoms with Crippen LogP contribution in [0.2, 0.25) is 0 Å². The summed E-state index contributed by atoms with van der Waals surface area (Å²) in [5.74, 6) is -0.217. The fourth-order valence-electron chi connectivity index (χ4n) is 4.00. The highest BCUT2D eigenvalue weighted by Crippen LogP contribution is 2.40. The molecule has 0 unspecified atom stereocenters. The maximum absolute atomic E-state index is 15.0. The van der Waals surface area contributed by atoms with Crippen LogP contribution in [0, 0.1) is 12.7 Å². The number of nitrogens with zero attached hydrogens (tertiary/aromatic N) is 3. The van der Waals surface area contributed by atoms with Crippen molar-refractivity contribution in [2.75, 3.05) is 38.1 Å². The molecule has 2 fully saturated rings. The van der Waals surface area contributed by atoms with Crippen LogP contribution in [0.4, 0.5) is 10.1 Å². The SMILES string of the molecule is Cc1c(N2CCN(C)CC2)c(F)cc2c(CN)cc(=O)n(C3CC3)c12. The highest BCUT2D eigenvalue weighted by atomic mass is 19.1. The van der Waals surface area contributed by atoms with Crippen molar-refractivity contribution < 1.29 is 4.39 Å². The Hall–Kier alpha value is -1.92. The zero-order chi connectivity index (χ0) is 17.7. The van der Waals surface area contributed by atoms with Gasteiger partial charge in [-0.05, 0) is 44.0 Å². The number of anilines is 1. The molecule has 1 aliphatic carbocycles. The van der Waals surface area contributed by atoms with Crippen molar-refractivity contribution in [3.05, 3.63) is 39.4 Å². The third-order valence-corrected chi connectivity index (χ3v) is 5.54. The minimum atomic E-state index is -0.217. The van der Waals surface area contributed by atoms with Crippen molar-refractivity contribution in [1.82, 2.24) is 9.47 Å². The molecule has 2 N–H and O–H groups in total. The number of likely N-dealkylation sites (N-methyl/N-ethyl adjacent to an activating group) is 1. The molecule has 2 aromatic rings. The zero-order valence-corrected chi connectivity index (χ0v) is 14.9. The lowest BCUT2D eigenvalue weighted by molar-refractivity contribution is 0.311. The maximum atomic E-state index is 15.0. The summed E-state index contributed by atoms with van der Waals surface area (Å²) in [6.07, 6.45) is 2.02. The molecule has 0 bridgehead atoms. The number of hydrogen-bond donors (Lipinski definition) is 1. The molecule has 1 aliphatic heterocycles. The molecule has 0 atom stereocenters. The Morgan fingerprint density at radius 1 is 1.20 bits per heavy atom. The first-order chi connectivity index (χ1) is 12.0. The van der Waals surface area contributed by atoms with Gasteiger partial charge in [-0.3, -0.25) is 4.79 Å². The van der Waals surface area contributed by atoms with E-state index in [0.717, 1.165) is 61.1 Å². The summed E-state index contributed by atoms with van der Waals surface area (Å²) in [7, 11) is 2.08. The zero-order valence-electron chi connectivity index (χ0n) is 14.9. The number of piperazine rings is 1. The van der Waals surface area contributed by atoms with E-state index in [0.29, 0.717) is 5.69 Å². The molecule has 1 aromatic carbocycles. The Balaban J connectivity index is 1.96. The molecule has 1 saturated heterocycles. The molecule has 0 radical (unpaired) electrons. The number of nitrogens with two attached hydrogens (primary N) is 1. The number of benzene rings is 1. The van der Waals surface area contributed by atoms with E-state index < -0.39 is 0 Å². The number of fused-ring (bicyclic) bond motifs is 1. The average molecular weight is 344 g/mol. The van der Waals surface area contributed by atoms with Gasteiger partial charge in [0.2, 0.25) is 0 Å². The van der Waals surface area contributed by atoms with Crippen LogP contribution in [-0.2, 0) is 6.54 Å². The Morgan fingerprint density at radius 2 is 1.88 bits per heavy atom. The smallest absolute Gasteiger partial charge is 0.251 e. The molecule has 134 valence electrons. The lowest BCUT2D eigenvalue weighted by Gasteiger charge is -2.35. The van der Waals surface area contributed by atoms with Crippen molar-refractivity contribution in [3.63, 3.8) is 0 Å². The quantitative estimate of drug-likeness (QED) is 0.925. The van der Waals surface area contributed by atoms with Gasteiger partial charge in [-0.1, -0.05) is 0 Å². The molecule has 2 aliphatic rings. The molecule has 5 nitrogen and oxygen atoms in total. The van der Waals surface area contributed by atoms with Crippen molar-refractivity contribution in [1.29, 1.82) is 0 Å². The summed E-state index contributed by atoms with van der Waals surface area (Å²) in [6.45, 7) is 5.60. The van der Waals surface area contributed by atoms with Crippen LogP contribution in [0.5, 0.6) is 0 Å². The largest absolute Gasteiger partial charge is 0.366 e. The summed E-state index contributed by atoms with van der Waals surface area (Å²) in [6, 6.07) is 3.40. The molecule has 1 saturated carbocycles. The van der Waals surface area contributed by atoms with Crippen molar-refractivity contribution >= 4 is 16.6 Å². The molecule has 0 amide bonds. The van der Waals surface area contributed by atoms with Gasteiger partial charge < -0.3 is 20.1 Å². The molecule has 2 heterocycles. The fraction of sp³-hybridized carbons (Fsp3) is 0.526. The monoisotopic (exact) mass is 344 g/mol.